The minimum Gasteiger partial charge on any atom is -0.491 e. The lowest BCUT2D eigenvalue weighted by Gasteiger charge is -2.11. The Balaban J connectivity index is 1.41. The third-order valence-corrected chi connectivity index (χ3v) is 9.41. The van der Waals surface area contributed by atoms with E-state index in [2.05, 4.69) is 88.9 Å². The lowest BCUT2D eigenvalue weighted by molar-refractivity contribution is 0.242. The number of aromatic amines is 2. The molecule has 2 aliphatic heterocycles. The van der Waals surface area contributed by atoms with Crippen molar-refractivity contribution in [2.75, 3.05) is 0 Å². The monoisotopic (exact) mass is 714 g/mol. The topological polar surface area (TPSA) is 85.1 Å². The minimum atomic E-state index is 0.0878. The van der Waals surface area contributed by atoms with Crippen molar-refractivity contribution in [2.45, 2.75) is 72.7 Å². The van der Waals surface area contributed by atoms with E-state index in [0.29, 0.717) is 0 Å². The van der Waals surface area contributed by atoms with Crippen LogP contribution in [0.2, 0.25) is 0 Å². The zero-order valence-corrected chi connectivity index (χ0v) is 31.7. The molecule has 5 heterocycles. The molecular formula is C47H46N4O3. The van der Waals surface area contributed by atoms with Crippen LogP contribution in [0.4, 0.5) is 0 Å². The molecule has 3 aromatic heterocycles. The van der Waals surface area contributed by atoms with E-state index < -0.39 is 0 Å². The number of nitrogens with zero attached hydrogens (tertiary/aromatic N) is 2. The highest BCUT2D eigenvalue weighted by molar-refractivity contribution is 5.93. The number of fused-ring (bicyclic) bond motifs is 8. The van der Waals surface area contributed by atoms with Crippen LogP contribution < -0.4 is 14.2 Å². The maximum atomic E-state index is 6.03. The fourth-order valence-electron chi connectivity index (χ4n) is 7.27. The quantitative estimate of drug-likeness (QED) is 0.155. The van der Waals surface area contributed by atoms with Crippen LogP contribution in [0.15, 0.2) is 103 Å². The Labute approximate surface area is 316 Å². The van der Waals surface area contributed by atoms with E-state index in [0.717, 1.165) is 108 Å². The number of benzene rings is 3. The highest BCUT2D eigenvalue weighted by atomic mass is 16.5. The normalized spacial score (nSPS) is 12.5. The van der Waals surface area contributed by atoms with Crippen LogP contribution in [0.3, 0.4) is 0 Å². The van der Waals surface area contributed by atoms with Gasteiger partial charge in [0.25, 0.3) is 0 Å². The molecule has 8 rings (SSSR count). The first-order chi connectivity index (χ1) is 26.2. The molecule has 0 spiro atoms. The van der Waals surface area contributed by atoms with Crippen molar-refractivity contribution in [2.24, 2.45) is 0 Å². The zero-order chi connectivity index (χ0) is 37.3. The Kier molecular flexibility index (Phi) is 9.55. The molecular weight excluding hydrogens is 669 g/mol. The molecule has 54 heavy (non-hydrogen) atoms. The van der Waals surface area contributed by atoms with Crippen LogP contribution in [0, 0.1) is 0 Å². The number of aromatic nitrogens is 4. The summed E-state index contributed by atoms with van der Waals surface area (Å²) in [5.74, 6) is 2.53. The van der Waals surface area contributed by atoms with Gasteiger partial charge in [-0.3, -0.25) is 4.98 Å². The van der Waals surface area contributed by atoms with Crippen molar-refractivity contribution in [3.8, 4) is 50.6 Å². The molecule has 7 heteroatoms. The van der Waals surface area contributed by atoms with Gasteiger partial charge in [-0.1, -0.05) is 36.4 Å². The van der Waals surface area contributed by atoms with E-state index in [1.807, 2.05) is 77.9 Å². The second-order valence-corrected chi connectivity index (χ2v) is 14.7. The summed E-state index contributed by atoms with van der Waals surface area (Å²) in [5.41, 5.74) is 14.1. The fraction of sp³-hybridized carbons (Fsp3) is 0.234. The number of hydrogen-bond donors (Lipinski definition) is 2. The van der Waals surface area contributed by atoms with Gasteiger partial charge in [0.05, 0.1) is 41.1 Å². The third kappa shape index (κ3) is 7.40. The molecule has 2 aliphatic rings. The summed E-state index contributed by atoms with van der Waals surface area (Å²) in [6.07, 6.45) is 6.05. The first kappa shape index (κ1) is 35.0. The number of aryl methyl sites for hydroxylation is 2. The minimum absolute atomic E-state index is 0.0878. The molecule has 0 saturated heterocycles. The summed E-state index contributed by atoms with van der Waals surface area (Å²) in [6, 6.07) is 35.7. The molecule has 0 saturated carbocycles. The van der Waals surface area contributed by atoms with Gasteiger partial charge in [0, 0.05) is 38.8 Å². The molecule has 272 valence electrons. The summed E-state index contributed by atoms with van der Waals surface area (Å²) in [5, 5.41) is 0. The number of ether oxygens (including phenoxy) is 3. The molecule has 6 aromatic rings. The van der Waals surface area contributed by atoms with E-state index in [4.69, 9.17) is 24.2 Å². The van der Waals surface area contributed by atoms with E-state index in [-0.39, 0.29) is 18.3 Å². The van der Waals surface area contributed by atoms with E-state index in [9.17, 15) is 0 Å². The molecule has 7 nitrogen and oxygen atoms in total. The highest BCUT2D eigenvalue weighted by Crippen LogP contribution is 2.37. The van der Waals surface area contributed by atoms with Crippen LogP contribution in [-0.2, 0) is 12.8 Å². The zero-order valence-electron chi connectivity index (χ0n) is 31.7. The summed E-state index contributed by atoms with van der Waals surface area (Å²) < 4.78 is 18.0. The lowest BCUT2D eigenvalue weighted by Crippen LogP contribution is -2.05. The van der Waals surface area contributed by atoms with Crippen LogP contribution in [0.1, 0.15) is 64.3 Å². The van der Waals surface area contributed by atoms with Gasteiger partial charge >= 0.3 is 0 Å². The molecule has 8 bridgehead atoms. The lowest BCUT2D eigenvalue weighted by atomic mass is 10.0. The standard InChI is InChI=1S/C47H46N4O3/c1-28(2)52-36-15-7-31(8-16-36)45-39-21-13-34(48-39)27-35-14-22-40(49-35)46(32-9-17-37(18-10-32)53-29(3)4)42-24-26-44(51-42)47(43-25-23-41(45)50-43)33-11-19-38(20-12-33)54-30(5)6/h7-23,25,27-30,49-50H,24,26H2,1-6H3. The Morgan fingerprint density at radius 2 is 0.889 bits per heavy atom. The largest absolute Gasteiger partial charge is 0.491 e. The van der Waals surface area contributed by atoms with Crippen molar-refractivity contribution >= 4 is 34.2 Å². The smallest absolute Gasteiger partial charge is 0.119 e. The van der Waals surface area contributed by atoms with Gasteiger partial charge in [-0.25, -0.2) is 4.98 Å². The maximum Gasteiger partial charge on any atom is 0.119 e. The molecule has 3 aromatic carbocycles. The first-order valence-electron chi connectivity index (χ1n) is 18.9. The van der Waals surface area contributed by atoms with Crippen molar-refractivity contribution in [1.82, 2.24) is 19.9 Å². The molecule has 0 radical (unpaired) electrons. The molecule has 2 N–H and O–H groups in total. The van der Waals surface area contributed by atoms with Crippen LogP contribution in [0.25, 0.3) is 67.6 Å². The fourth-order valence-corrected chi connectivity index (χ4v) is 7.27. The SMILES string of the molecule is CC(C)Oc1ccc(-c2c3nc(cc4ccc([nH]4)c(-c4ccc(OC(C)C)cc4)c4nc(c(-c5ccc(OC(C)C)cc5)c5ccc2[nH]5)CC4)C=C3)cc1. The van der Waals surface area contributed by atoms with Gasteiger partial charge in [0.2, 0.25) is 0 Å². The maximum absolute atomic E-state index is 6.03. The average molecular weight is 715 g/mol. The summed E-state index contributed by atoms with van der Waals surface area (Å²) in [7, 11) is 0. The molecule has 0 amide bonds. The predicted molar refractivity (Wildman–Crippen MR) is 221 cm³/mol. The number of nitrogens with one attached hydrogen (secondary N) is 2. The third-order valence-electron chi connectivity index (χ3n) is 9.41. The molecule has 0 unspecified atom stereocenters. The Hall–Kier alpha value is -6.08. The second-order valence-electron chi connectivity index (χ2n) is 14.7. The predicted octanol–water partition coefficient (Wildman–Crippen LogP) is 11.6. The van der Waals surface area contributed by atoms with Gasteiger partial charge in [-0.2, -0.15) is 0 Å². The highest BCUT2D eigenvalue weighted by Gasteiger charge is 2.20. The van der Waals surface area contributed by atoms with Crippen molar-refractivity contribution < 1.29 is 14.2 Å². The summed E-state index contributed by atoms with van der Waals surface area (Å²) in [6.45, 7) is 12.3. The Morgan fingerprint density at radius 1 is 0.463 bits per heavy atom. The summed E-state index contributed by atoms with van der Waals surface area (Å²) >= 11 is 0. The Bertz CT molecular complexity index is 2490. The van der Waals surface area contributed by atoms with Crippen molar-refractivity contribution in [3.05, 3.63) is 126 Å². The second kappa shape index (κ2) is 14.7. The summed E-state index contributed by atoms with van der Waals surface area (Å²) in [4.78, 5) is 18.2. The number of H-pyrrole nitrogens is 2. The molecule has 0 aliphatic carbocycles. The van der Waals surface area contributed by atoms with Crippen LogP contribution >= 0.6 is 0 Å². The van der Waals surface area contributed by atoms with E-state index in [1.54, 1.807) is 0 Å². The van der Waals surface area contributed by atoms with Crippen molar-refractivity contribution in [3.63, 3.8) is 0 Å². The molecule has 0 fully saturated rings. The van der Waals surface area contributed by atoms with Gasteiger partial charge in [0.1, 0.15) is 17.2 Å². The van der Waals surface area contributed by atoms with E-state index in [1.165, 1.54) is 0 Å². The number of hydrogen-bond acceptors (Lipinski definition) is 5. The van der Waals surface area contributed by atoms with Crippen LogP contribution in [-0.4, -0.2) is 38.2 Å². The Morgan fingerprint density at radius 3 is 1.37 bits per heavy atom. The van der Waals surface area contributed by atoms with Gasteiger partial charge in [-0.05, 0) is 150 Å². The first-order valence-corrected chi connectivity index (χ1v) is 18.9. The number of rotatable bonds is 9. The molecule has 0 atom stereocenters. The van der Waals surface area contributed by atoms with Gasteiger partial charge < -0.3 is 24.2 Å². The van der Waals surface area contributed by atoms with Gasteiger partial charge in [-0.15, -0.1) is 0 Å². The van der Waals surface area contributed by atoms with Gasteiger partial charge in [0.15, 0.2) is 0 Å². The average Bonchev–Trinajstić information content (AvgIpc) is 3.97. The van der Waals surface area contributed by atoms with Crippen LogP contribution in [0.5, 0.6) is 17.2 Å². The van der Waals surface area contributed by atoms with E-state index >= 15 is 0 Å². The van der Waals surface area contributed by atoms with Crippen molar-refractivity contribution in [1.29, 1.82) is 0 Å².